The van der Waals surface area contributed by atoms with Crippen LogP contribution >= 0.6 is 0 Å². The first-order valence-electron chi connectivity index (χ1n) is 7.94. The van der Waals surface area contributed by atoms with Gasteiger partial charge in [-0.1, -0.05) is 30.3 Å². The average molecular weight is 416 g/mol. The van der Waals surface area contributed by atoms with Gasteiger partial charge in [0.15, 0.2) is 5.78 Å². The third kappa shape index (κ3) is 8.51. The molecule has 0 amide bonds. The predicted octanol–water partition coefficient (Wildman–Crippen LogP) is 2.09. The number of ketones is 1. The molecule has 1 aliphatic rings. The van der Waals surface area contributed by atoms with E-state index >= 15 is 0 Å². The smallest absolute Gasteiger partial charge is 0.373 e. The van der Waals surface area contributed by atoms with Gasteiger partial charge in [-0.15, -0.1) is 0 Å². The molecule has 0 atom stereocenters. The third-order valence-corrected chi connectivity index (χ3v) is 3.09. The molecule has 2 aromatic carbocycles. The summed E-state index contributed by atoms with van der Waals surface area (Å²) in [5, 5.41) is 16.1. The highest BCUT2D eigenvalue weighted by Gasteiger charge is 2.28. The minimum atomic E-state index is -1.07. The lowest BCUT2D eigenvalue weighted by Crippen LogP contribution is -2.05. The van der Waals surface area contributed by atoms with Crippen LogP contribution in [0.3, 0.4) is 0 Å². The van der Waals surface area contributed by atoms with Gasteiger partial charge in [0.2, 0.25) is 0 Å². The van der Waals surface area contributed by atoms with Crippen LogP contribution in [0.1, 0.15) is 55.3 Å². The second-order valence-corrected chi connectivity index (χ2v) is 5.23. The van der Waals surface area contributed by atoms with Gasteiger partial charge in [0.1, 0.15) is 0 Å². The Hall–Kier alpha value is -4.43. The number of carboxylic acid groups (broad SMARTS) is 2. The number of aliphatic carboxylic acids is 1. The Balaban J connectivity index is 0.000000431. The molecule has 1 heterocycles. The van der Waals surface area contributed by atoms with Crippen LogP contribution in [0.2, 0.25) is 0 Å². The molecule has 0 saturated heterocycles. The molecular weight excluding hydrogens is 400 g/mol. The van der Waals surface area contributed by atoms with Gasteiger partial charge in [0.25, 0.3) is 5.97 Å². The molecule has 0 fully saturated rings. The van der Waals surface area contributed by atoms with Crippen LogP contribution in [-0.4, -0.2) is 46.0 Å². The normalized spacial score (nSPS) is 10.2. The highest BCUT2D eigenvalue weighted by atomic mass is 16.6. The van der Waals surface area contributed by atoms with Gasteiger partial charge in [0.05, 0.1) is 16.7 Å². The van der Waals surface area contributed by atoms with Crippen molar-refractivity contribution >= 4 is 35.8 Å². The number of carboxylic acids is 2. The summed E-state index contributed by atoms with van der Waals surface area (Å²) < 4.78 is 4.35. The molecule has 10 heteroatoms. The molecule has 0 spiro atoms. The Labute approximate surface area is 169 Å². The zero-order valence-electron chi connectivity index (χ0n) is 15.8. The zero-order valence-corrected chi connectivity index (χ0v) is 15.8. The van der Waals surface area contributed by atoms with Crippen molar-refractivity contribution in [1.82, 2.24) is 0 Å². The van der Waals surface area contributed by atoms with Gasteiger partial charge < -0.3 is 14.9 Å². The number of hydrogen-bond donors (Lipinski definition) is 2. The van der Waals surface area contributed by atoms with Gasteiger partial charge in [0, 0.05) is 12.5 Å². The molecule has 0 bridgehead atoms. The Morgan fingerprint density at radius 1 is 0.767 bits per heavy atom. The van der Waals surface area contributed by atoms with Crippen molar-refractivity contribution in [3.05, 3.63) is 70.8 Å². The van der Waals surface area contributed by atoms with E-state index in [0.29, 0.717) is 11.1 Å². The molecule has 2 N–H and O–H groups in total. The maximum absolute atomic E-state index is 10.9. The lowest BCUT2D eigenvalue weighted by molar-refractivity contribution is -0.191. The van der Waals surface area contributed by atoms with E-state index in [9.17, 15) is 19.2 Å². The van der Waals surface area contributed by atoms with Crippen molar-refractivity contribution in [2.45, 2.75) is 13.8 Å². The molecule has 0 aliphatic carbocycles. The molecule has 0 radical (unpaired) electrons. The number of cyclic esters (lactones) is 2. The summed E-state index contributed by atoms with van der Waals surface area (Å²) in [5.74, 6) is -3.23. The largest absolute Gasteiger partial charge is 0.481 e. The fourth-order valence-corrected chi connectivity index (χ4v) is 2.01. The topological polar surface area (TPSA) is 169 Å². The molecule has 0 saturated carbocycles. The molecule has 156 valence electrons. The van der Waals surface area contributed by atoms with Crippen LogP contribution in [0.5, 0.6) is 0 Å². The van der Waals surface area contributed by atoms with Crippen molar-refractivity contribution in [1.29, 1.82) is 0 Å². The van der Waals surface area contributed by atoms with Gasteiger partial charge >= 0.3 is 24.1 Å². The second kappa shape index (κ2) is 12.9. The lowest BCUT2D eigenvalue weighted by atomic mass is 10.1. The first-order chi connectivity index (χ1) is 14.1. The fraction of sp³-hybridized carbons (Fsp3) is 0.100. The third-order valence-electron chi connectivity index (χ3n) is 3.09. The molecule has 30 heavy (non-hydrogen) atoms. The molecule has 0 aromatic heterocycles. The van der Waals surface area contributed by atoms with Crippen molar-refractivity contribution < 1.29 is 48.5 Å². The Bertz CT molecular complexity index is 915. The quantitative estimate of drug-likeness (QED) is 0.420. The number of esters is 2. The van der Waals surface area contributed by atoms with Crippen LogP contribution < -0.4 is 0 Å². The van der Waals surface area contributed by atoms with E-state index in [1.165, 1.54) is 19.1 Å². The standard InChI is InChI=1S/C9H8O3.C8H4O3.C2H4O2.CO2/c1-6(10)7-4-2-3-5-8(7)9(11)12;9-7-5-3-1-2-4-6(5)8(10)11-7;1-2(3)4;2-1-3/h2-5H,1H3,(H,11,12);1-4H;1H3,(H,3,4);. The van der Waals surface area contributed by atoms with Crippen LogP contribution in [0, 0.1) is 0 Å². The zero-order chi connectivity index (χ0) is 23.3. The monoisotopic (exact) mass is 416 g/mol. The summed E-state index contributed by atoms with van der Waals surface area (Å²) in [6.07, 6.45) is 0.250. The van der Waals surface area contributed by atoms with Crippen LogP contribution in [0.15, 0.2) is 48.5 Å². The highest BCUT2D eigenvalue weighted by molar-refractivity contribution is 6.14. The maximum Gasteiger partial charge on any atom is 0.373 e. The van der Waals surface area contributed by atoms with Crippen molar-refractivity contribution in [3.63, 3.8) is 0 Å². The number of fused-ring (bicyclic) bond motifs is 1. The number of ether oxygens (including phenoxy) is 1. The van der Waals surface area contributed by atoms with E-state index in [0.717, 1.165) is 6.92 Å². The summed E-state index contributed by atoms with van der Waals surface area (Å²) in [6.45, 7) is 2.43. The highest BCUT2D eigenvalue weighted by Crippen LogP contribution is 2.18. The Morgan fingerprint density at radius 3 is 1.40 bits per heavy atom. The minimum Gasteiger partial charge on any atom is -0.481 e. The van der Waals surface area contributed by atoms with Crippen molar-refractivity contribution in [2.24, 2.45) is 0 Å². The number of rotatable bonds is 2. The van der Waals surface area contributed by atoms with Gasteiger partial charge in [-0.25, -0.2) is 14.4 Å². The number of carbonyl (C=O) groups excluding carboxylic acids is 5. The minimum absolute atomic E-state index is 0.0602. The Kier molecular flexibility index (Phi) is 11.0. The van der Waals surface area contributed by atoms with Crippen molar-refractivity contribution in [3.8, 4) is 0 Å². The first kappa shape index (κ1) is 25.6. The van der Waals surface area contributed by atoms with Crippen LogP contribution in [-0.2, 0) is 19.1 Å². The number of benzene rings is 2. The van der Waals surface area contributed by atoms with Crippen molar-refractivity contribution in [2.75, 3.05) is 0 Å². The number of Topliss-reactive ketones (excluding diaryl/α,β-unsaturated/α-hetero) is 1. The number of hydrogen-bond acceptors (Lipinski definition) is 8. The SMILES string of the molecule is CC(=O)O.CC(=O)c1ccccc1C(=O)O.O=C1OC(=O)c2ccccc21.O=C=O. The summed E-state index contributed by atoms with van der Waals surface area (Å²) in [7, 11) is 0. The molecule has 2 aromatic rings. The number of aromatic carboxylic acids is 1. The summed E-state index contributed by atoms with van der Waals surface area (Å²) in [5.41, 5.74) is 1.03. The van der Waals surface area contributed by atoms with E-state index in [1.807, 2.05) is 0 Å². The first-order valence-corrected chi connectivity index (χ1v) is 7.94. The van der Waals surface area contributed by atoms with E-state index in [2.05, 4.69) is 4.74 Å². The average Bonchev–Trinajstić information content (AvgIpc) is 2.97. The van der Waals surface area contributed by atoms with Gasteiger partial charge in [-0.05, 0) is 25.1 Å². The molecule has 3 rings (SSSR count). The van der Waals surface area contributed by atoms with Crippen LogP contribution in [0.25, 0.3) is 0 Å². The maximum atomic E-state index is 10.9. The van der Waals surface area contributed by atoms with E-state index in [4.69, 9.17) is 24.6 Å². The van der Waals surface area contributed by atoms with E-state index in [1.54, 1.807) is 36.4 Å². The number of carbonyl (C=O) groups is 5. The lowest BCUT2D eigenvalue weighted by Gasteiger charge is -1.99. The predicted molar refractivity (Wildman–Crippen MR) is 97.9 cm³/mol. The molecule has 0 unspecified atom stereocenters. The molecule has 1 aliphatic heterocycles. The Morgan fingerprint density at radius 2 is 1.10 bits per heavy atom. The molecule has 10 nitrogen and oxygen atoms in total. The summed E-state index contributed by atoms with van der Waals surface area (Å²) >= 11 is 0. The fourth-order valence-electron chi connectivity index (χ4n) is 2.01. The summed E-state index contributed by atoms with van der Waals surface area (Å²) in [4.78, 5) is 68.4. The van der Waals surface area contributed by atoms with E-state index < -0.39 is 23.9 Å². The van der Waals surface area contributed by atoms with Gasteiger partial charge in [-0.3, -0.25) is 9.59 Å². The molecular formula is C20H16O10. The van der Waals surface area contributed by atoms with Crippen LogP contribution in [0.4, 0.5) is 0 Å². The second-order valence-electron chi connectivity index (χ2n) is 5.23. The van der Waals surface area contributed by atoms with Gasteiger partial charge in [-0.2, -0.15) is 9.59 Å². The van der Waals surface area contributed by atoms with E-state index in [-0.39, 0.29) is 23.1 Å². The summed E-state index contributed by atoms with van der Waals surface area (Å²) in [6, 6.07) is 12.7.